The maximum Gasteiger partial charge on any atom is -0.0386 e. The molecule has 0 N–H and O–H groups in total. The fourth-order valence-corrected chi connectivity index (χ4v) is 4.78. The average molecular weight is 436 g/mol. The van der Waals surface area contributed by atoms with Gasteiger partial charge in [-0.2, -0.15) is 0 Å². The number of unbranched alkanes of at least 4 members (excludes halogenated alkanes) is 28. The molecule has 187 valence electrons. The van der Waals surface area contributed by atoms with Gasteiger partial charge in [0.25, 0.3) is 0 Å². The minimum Gasteiger partial charge on any atom is -0.0654 e. The van der Waals surface area contributed by atoms with E-state index in [0.29, 0.717) is 0 Å². The van der Waals surface area contributed by atoms with Crippen LogP contribution in [0.25, 0.3) is 0 Å². The average Bonchev–Trinajstić information content (AvgIpc) is 2.78. The van der Waals surface area contributed by atoms with E-state index in [-0.39, 0.29) is 0 Å². The molecule has 0 aliphatic heterocycles. The van der Waals surface area contributed by atoms with Gasteiger partial charge in [0, 0.05) is 0 Å². The number of hydrogen-bond donors (Lipinski definition) is 0. The molecule has 0 aromatic rings. The molecule has 0 saturated heterocycles. The van der Waals surface area contributed by atoms with Gasteiger partial charge in [-0.3, -0.25) is 0 Å². The first kappa shape index (κ1) is 31.0. The monoisotopic (exact) mass is 435 g/mol. The minimum atomic E-state index is 1.32. The van der Waals surface area contributed by atoms with Crippen molar-refractivity contribution >= 4 is 0 Å². The summed E-state index contributed by atoms with van der Waals surface area (Å²) >= 11 is 0. The van der Waals surface area contributed by atoms with Crippen LogP contribution in [0.2, 0.25) is 0 Å². The van der Waals surface area contributed by atoms with Crippen LogP contribution >= 0.6 is 0 Å². The quantitative estimate of drug-likeness (QED) is 0.107. The predicted molar refractivity (Wildman–Crippen MR) is 145 cm³/mol. The van der Waals surface area contributed by atoms with Crippen LogP contribution in [0.15, 0.2) is 0 Å². The van der Waals surface area contributed by atoms with E-state index in [1.54, 1.807) is 0 Å². The molecule has 0 atom stereocenters. The van der Waals surface area contributed by atoms with E-state index >= 15 is 0 Å². The van der Waals surface area contributed by atoms with Crippen molar-refractivity contribution in [2.24, 2.45) is 0 Å². The van der Waals surface area contributed by atoms with Crippen LogP contribution in [0.3, 0.4) is 0 Å². The normalized spacial score (nSPS) is 11.4. The molecule has 31 heavy (non-hydrogen) atoms. The largest absolute Gasteiger partial charge is 0.0654 e. The summed E-state index contributed by atoms with van der Waals surface area (Å²) in [4.78, 5) is 0. The van der Waals surface area contributed by atoms with Gasteiger partial charge >= 0.3 is 0 Å². The molecule has 0 nitrogen and oxygen atoms in total. The first-order valence-electron chi connectivity index (χ1n) is 15.2. The summed E-state index contributed by atoms with van der Waals surface area (Å²) in [7, 11) is 0. The van der Waals surface area contributed by atoms with Crippen molar-refractivity contribution in [1.82, 2.24) is 0 Å². The highest BCUT2D eigenvalue weighted by molar-refractivity contribution is 4.63. The molecule has 1 radical (unpaired) electrons. The molecule has 0 heteroatoms. The molecule has 0 unspecified atom stereocenters. The zero-order valence-corrected chi connectivity index (χ0v) is 22.4. The lowest BCUT2D eigenvalue weighted by Gasteiger charge is -2.04. The molecule has 0 aromatic heterocycles. The Morgan fingerprint density at radius 3 is 0.774 bits per heavy atom. The smallest absolute Gasteiger partial charge is 0.0386 e. The fourth-order valence-electron chi connectivity index (χ4n) is 4.78. The molecule has 0 spiro atoms. The van der Waals surface area contributed by atoms with Crippen molar-refractivity contribution in [2.45, 2.75) is 194 Å². The summed E-state index contributed by atoms with van der Waals surface area (Å²) in [5, 5.41) is 0. The highest BCUT2D eigenvalue weighted by atomic mass is 14.0. The zero-order chi connectivity index (χ0) is 22.5. The number of hydrogen-bond acceptors (Lipinski definition) is 0. The summed E-state index contributed by atoms with van der Waals surface area (Å²) in [6, 6.07) is 0. The van der Waals surface area contributed by atoms with Gasteiger partial charge < -0.3 is 0 Å². The van der Waals surface area contributed by atoms with Gasteiger partial charge in [0.1, 0.15) is 0 Å². The van der Waals surface area contributed by atoms with Crippen molar-refractivity contribution in [3.63, 3.8) is 0 Å². The maximum absolute atomic E-state index is 2.48. The second-order valence-corrected chi connectivity index (χ2v) is 10.4. The molecule has 0 amide bonds. The van der Waals surface area contributed by atoms with Crippen molar-refractivity contribution in [2.75, 3.05) is 0 Å². The van der Waals surface area contributed by atoms with Crippen molar-refractivity contribution in [3.8, 4) is 0 Å². The molecular formula is C31H63. The molecule has 0 saturated carbocycles. The first-order valence-corrected chi connectivity index (χ1v) is 15.2. The van der Waals surface area contributed by atoms with Crippen LogP contribution in [0.1, 0.15) is 194 Å². The fraction of sp³-hybridized carbons (Fsp3) is 0.968. The lowest BCUT2D eigenvalue weighted by atomic mass is 10.0. The summed E-state index contributed by atoms with van der Waals surface area (Å²) in [6.45, 7) is 4.58. The van der Waals surface area contributed by atoms with Gasteiger partial charge in [0.15, 0.2) is 0 Å². The third-order valence-corrected chi connectivity index (χ3v) is 7.00. The molecule has 0 aliphatic rings. The van der Waals surface area contributed by atoms with E-state index in [1.807, 2.05) is 0 Å². The summed E-state index contributed by atoms with van der Waals surface area (Å²) in [5.74, 6) is 0. The standard InChI is InChI=1S/C31H63/c1-3-5-7-9-11-13-15-17-19-21-23-25-27-29-31-30-28-26-24-22-20-18-16-14-12-10-8-6-4-2/h7H,3-6,8-31H2,1-2H3. The van der Waals surface area contributed by atoms with Crippen LogP contribution in [0.4, 0.5) is 0 Å². The zero-order valence-electron chi connectivity index (χ0n) is 22.4. The second-order valence-electron chi connectivity index (χ2n) is 10.4. The highest BCUT2D eigenvalue weighted by Gasteiger charge is 1.96. The lowest BCUT2D eigenvalue weighted by molar-refractivity contribution is 0.516. The van der Waals surface area contributed by atoms with Crippen LogP contribution < -0.4 is 0 Å². The maximum atomic E-state index is 2.48. The molecular weight excluding hydrogens is 372 g/mol. The van der Waals surface area contributed by atoms with Crippen LogP contribution in [0, 0.1) is 6.42 Å². The Balaban J connectivity index is 2.98. The Morgan fingerprint density at radius 1 is 0.258 bits per heavy atom. The Kier molecular flexibility index (Phi) is 30.0. The van der Waals surface area contributed by atoms with Gasteiger partial charge in [-0.25, -0.2) is 0 Å². The first-order chi connectivity index (χ1) is 15.4. The molecule has 0 aromatic carbocycles. The van der Waals surface area contributed by atoms with Crippen molar-refractivity contribution in [1.29, 1.82) is 0 Å². The molecule has 0 rings (SSSR count). The van der Waals surface area contributed by atoms with E-state index in [1.165, 1.54) is 180 Å². The molecule has 0 aliphatic carbocycles. The van der Waals surface area contributed by atoms with Crippen molar-refractivity contribution < 1.29 is 0 Å². The molecule has 0 fully saturated rings. The van der Waals surface area contributed by atoms with E-state index in [4.69, 9.17) is 0 Å². The highest BCUT2D eigenvalue weighted by Crippen LogP contribution is 2.16. The Hall–Kier alpha value is 0. The van der Waals surface area contributed by atoms with E-state index in [2.05, 4.69) is 20.3 Å². The Labute approximate surface area is 200 Å². The topological polar surface area (TPSA) is 0 Å². The summed E-state index contributed by atoms with van der Waals surface area (Å²) in [5.41, 5.74) is 0. The third-order valence-electron chi connectivity index (χ3n) is 7.00. The van der Waals surface area contributed by atoms with Gasteiger partial charge in [-0.05, 0) is 6.42 Å². The van der Waals surface area contributed by atoms with Gasteiger partial charge in [-0.1, -0.05) is 194 Å². The Morgan fingerprint density at radius 2 is 0.516 bits per heavy atom. The molecule has 0 bridgehead atoms. The van der Waals surface area contributed by atoms with E-state index in [9.17, 15) is 0 Å². The van der Waals surface area contributed by atoms with E-state index < -0.39 is 0 Å². The predicted octanol–water partition coefficient (Wildman–Crippen LogP) is 12.2. The van der Waals surface area contributed by atoms with Crippen LogP contribution in [-0.2, 0) is 0 Å². The summed E-state index contributed by atoms with van der Waals surface area (Å²) in [6.07, 6.45) is 43.4. The Bertz CT molecular complexity index is 254. The third kappa shape index (κ3) is 30.0. The summed E-state index contributed by atoms with van der Waals surface area (Å²) < 4.78 is 0. The van der Waals surface area contributed by atoms with Crippen molar-refractivity contribution in [3.05, 3.63) is 6.42 Å². The van der Waals surface area contributed by atoms with E-state index in [0.717, 1.165) is 0 Å². The second kappa shape index (κ2) is 30.0. The van der Waals surface area contributed by atoms with Crippen LogP contribution in [-0.4, -0.2) is 0 Å². The molecule has 0 heterocycles. The van der Waals surface area contributed by atoms with Gasteiger partial charge in [0.2, 0.25) is 0 Å². The van der Waals surface area contributed by atoms with Gasteiger partial charge in [-0.15, -0.1) is 0 Å². The van der Waals surface area contributed by atoms with Crippen LogP contribution in [0.5, 0.6) is 0 Å². The lowest BCUT2D eigenvalue weighted by Crippen LogP contribution is -1.85. The SMILES string of the molecule is CCC[CH]CCCCCCCCCCCCCCCCCCCCCCCCCCC. The number of rotatable bonds is 28. The minimum absolute atomic E-state index is 1.32. The van der Waals surface area contributed by atoms with Gasteiger partial charge in [0.05, 0.1) is 0 Å².